The smallest absolute Gasteiger partial charge is 0.273 e. The fourth-order valence-corrected chi connectivity index (χ4v) is 3.49. The summed E-state index contributed by atoms with van der Waals surface area (Å²) < 4.78 is 34.2. The normalized spacial score (nSPS) is 10.8. The van der Waals surface area contributed by atoms with Crippen LogP contribution in [0, 0.1) is 18.6 Å². The maximum Gasteiger partial charge on any atom is 0.273 e. The minimum Gasteiger partial charge on any atom is -0.487 e. The van der Waals surface area contributed by atoms with Gasteiger partial charge in [-0.25, -0.2) is 8.78 Å². The van der Waals surface area contributed by atoms with Gasteiger partial charge in [0.1, 0.15) is 28.5 Å². The number of rotatable bonds is 8. The first-order chi connectivity index (χ1) is 15.3. The summed E-state index contributed by atoms with van der Waals surface area (Å²) >= 11 is 3.27. The van der Waals surface area contributed by atoms with E-state index in [1.807, 2.05) is 12.1 Å². The summed E-state index contributed by atoms with van der Waals surface area (Å²) in [7, 11) is 1.70. The van der Waals surface area contributed by atoms with Crippen LogP contribution in [-0.2, 0) is 17.9 Å². The van der Waals surface area contributed by atoms with Crippen LogP contribution in [0.5, 0.6) is 5.75 Å². The summed E-state index contributed by atoms with van der Waals surface area (Å²) in [5, 5.41) is 5.57. The van der Waals surface area contributed by atoms with E-state index in [0.717, 1.165) is 17.7 Å². The zero-order chi connectivity index (χ0) is 23.3. The molecule has 0 aliphatic heterocycles. The number of hydrogen-bond donors (Lipinski definition) is 2. The lowest BCUT2D eigenvalue weighted by atomic mass is 10.2. The van der Waals surface area contributed by atoms with Gasteiger partial charge in [-0.3, -0.25) is 14.2 Å². The zero-order valence-corrected chi connectivity index (χ0v) is 19.1. The summed E-state index contributed by atoms with van der Waals surface area (Å²) in [5.41, 5.74) is 1.99. The molecule has 0 saturated carbocycles. The molecule has 0 saturated heterocycles. The average molecular weight is 506 g/mol. The van der Waals surface area contributed by atoms with E-state index < -0.39 is 11.6 Å². The van der Waals surface area contributed by atoms with Gasteiger partial charge in [0.25, 0.3) is 5.56 Å². The van der Waals surface area contributed by atoms with E-state index in [0.29, 0.717) is 17.9 Å². The second-order valence-electron chi connectivity index (χ2n) is 7.10. The first kappa shape index (κ1) is 23.6. The van der Waals surface area contributed by atoms with Crippen molar-refractivity contribution in [3.05, 3.63) is 91.8 Å². The number of carbonyl (C=O) groups is 1. The molecule has 0 unspecified atom stereocenters. The van der Waals surface area contributed by atoms with E-state index in [9.17, 15) is 18.4 Å². The maximum absolute atomic E-state index is 13.8. The highest BCUT2D eigenvalue weighted by Crippen LogP contribution is 2.25. The van der Waals surface area contributed by atoms with E-state index in [1.165, 1.54) is 10.6 Å². The zero-order valence-electron chi connectivity index (χ0n) is 17.5. The quantitative estimate of drug-likeness (QED) is 0.490. The molecule has 2 aromatic carbocycles. The molecule has 0 fully saturated rings. The van der Waals surface area contributed by atoms with Crippen molar-refractivity contribution in [3.8, 4) is 11.4 Å². The average Bonchev–Trinajstić information content (AvgIpc) is 2.76. The first-order valence-corrected chi connectivity index (χ1v) is 10.6. The van der Waals surface area contributed by atoms with Crippen molar-refractivity contribution >= 4 is 21.8 Å². The van der Waals surface area contributed by atoms with E-state index in [4.69, 9.17) is 4.74 Å². The van der Waals surface area contributed by atoms with Crippen LogP contribution in [0.15, 0.2) is 57.8 Å². The Labute approximate surface area is 192 Å². The molecule has 6 nitrogen and oxygen atoms in total. The molecular weight excluding hydrogens is 484 g/mol. The van der Waals surface area contributed by atoms with Crippen LogP contribution in [0.25, 0.3) is 5.69 Å². The minimum absolute atomic E-state index is 0.108. The van der Waals surface area contributed by atoms with Crippen molar-refractivity contribution in [1.29, 1.82) is 0 Å². The number of carbonyl (C=O) groups excluding carboxylic acids is 1. The number of aromatic nitrogens is 1. The van der Waals surface area contributed by atoms with Crippen LogP contribution in [0.2, 0.25) is 0 Å². The van der Waals surface area contributed by atoms with Crippen LogP contribution in [0.1, 0.15) is 16.8 Å². The molecule has 32 heavy (non-hydrogen) atoms. The Morgan fingerprint density at radius 2 is 1.84 bits per heavy atom. The van der Waals surface area contributed by atoms with Crippen LogP contribution in [-0.4, -0.2) is 24.1 Å². The number of benzene rings is 2. The summed E-state index contributed by atoms with van der Waals surface area (Å²) in [5.74, 6) is -1.23. The molecule has 2 N–H and O–H groups in total. The van der Waals surface area contributed by atoms with Crippen LogP contribution >= 0.6 is 15.9 Å². The largest absolute Gasteiger partial charge is 0.487 e. The summed E-state index contributed by atoms with van der Waals surface area (Å²) in [6, 6.07) is 12.1. The number of aryl methyl sites for hydroxylation is 1. The fraction of sp³-hybridized carbons (Fsp3) is 0.217. The lowest BCUT2D eigenvalue weighted by Crippen LogP contribution is -2.31. The molecule has 0 bridgehead atoms. The van der Waals surface area contributed by atoms with Crippen molar-refractivity contribution in [2.75, 3.05) is 13.6 Å². The number of likely N-dealkylation sites (N-methyl/N-ethyl adjacent to an activating group) is 1. The van der Waals surface area contributed by atoms with Crippen molar-refractivity contribution in [1.82, 2.24) is 15.2 Å². The van der Waals surface area contributed by atoms with Gasteiger partial charge in [0.15, 0.2) is 0 Å². The monoisotopic (exact) mass is 505 g/mol. The molecule has 1 heterocycles. The van der Waals surface area contributed by atoms with Crippen molar-refractivity contribution in [3.63, 3.8) is 0 Å². The first-order valence-electron chi connectivity index (χ1n) is 9.79. The topological polar surface area (TPSA) is 72.4 Å². The van der Waals surface area contributed by atoms with E-state index in [1.54, 1.807) is 32.2 Å². The molecule has 168 valence electrons. The number of hydrogen-bond acceptors (Lipinski definition) is 4. The third-order valence-electron chi connectivity index (χ3n) is 4.72. The van der Waals surface area contributed by atoms with Crippen LogP contribution in [0.3, 0.4) is 0 Å². The van der Waals surface area contributed by atoms with Crippen molar-refractivity contribution in [2.24, 2.45) is 0 Å². The lowest BCUT2D eigenvalue weighted by molar-refractivity contribution is -0.120. The molecule has 3 aromatic rings. The van der Waals surface area contributed by atoms with Gasteiger partial charge in [-0.15, -0.1) is 0 Å². The van der Waals surface area contributed by atoms with E-state index >= 15 is 0 Å². The van der Waals surface area contributed by atoms with Crippen molar-refractivity contribution < 1.29 is 18.3 Å². The lowest BCUT2D eigenvalue weighted by Gasteiger charge is -2.15. The molecule has 0 spiro atoms. The van der Waals surface area contributed by atoms with Gasteiger partial charge in [-0.2, -0.15) is 0 Å². The Morgan fingerprint density at radius 3 is 2.50 bits per heavy atom. The highest BCUT2D eigenvalue weighted by atomic mass is 79.9. The Bertz CT molecular complexity index is 1180. The Morgan fingerprint density at radius 1 is 1.12 bits per heavy atom. The van der Waals surface area contributed by atoms with Gasteiger partial charge in [0.05, 0.1) is 6.54 Å². The highest BCUT2D eigenvalue weighted by molar-refractivity contribution is 9.10. The van der Waals surface area contributed by atoms with E-state index in [-0.39, 0.29) is 40.4 Å². The summed E-state index contributed by atoms with van der Waals surface area (Å²) in [4.78, 5) is 24.5. The summed E-state index contributed by atoms with van der Waals surface area (Å²) in [6.45, 7) is 2.22. The number of ether oxygens (including phenoxy) is 1. The summed E-state index contributed by atoms with van der Waals surface area (Å²) in [6.07, 6.45) is 0. The van der Waals surface area contributed by atoms with Crippen LogP contribution in [0.4, 0.5) is 8.78 Å². The van der Waals surface area contributed by atoms with Gasteiger partial charge < -0.3 is 15.4 Å². The molecular formula is C23H22BrF2N3O3. The molecule has 1 amide bonds. The number of nitrogens with zero attached hydrogens (tertiary/aromatic N) is 1. The molecule has 0 atom stereocenters. The molecule has 0 aliphatic rings. The third-order valence-corrected chi connectivity index (χ3v) is 5.45. The Balaban J connectivity index is 1.78. The number of halogens is 3. The van der Waals surface area contributed by atoms with E-state index in [2.05, 4.69) is 26.6 Å². The van der Waals surface area contributed by atoms with Crippen LogP contribution < -0.4 is 20.9 Å². The Kier molecular flexibility index (Phi) is 7.76. The molecule has 0 radical (unpaired) electrons. The van der Waals surface area contributed by atoms with Gasteiger partial charge in [-0.05, 0) is 59.7 Å². The third kappa shape index (κ3) is 5.60. The molecule has 3 rings (SSSR count). The minimum atomic E-state index is -0.714. The number of amides is 1. The van der Waals surface area contributed by atoms with Gasteiger partial charge >= 0.3 is 0 Å². The number of pyridine rings is 1. The fourth-order valence-electron chi connectivity index (χ4n) is 3.09. The van der Waals surface area contributed by atoms with Crippen molar-refractivity contribution in [2.45, 2.75) is 20.1 Å². The van der Waals surface area contributed by atoms with Gasteiger partial charge in [0, 0.05) is 35.6 Å². The highest BCUT2D eigenvalue weighted by Gasteiger charge is 2.14. The predicted octanol–water partition coefficient (Wildman–Crippen LogP) is 3.60. The van der Waals surface area contributed by atoms with Gasteiger partial charge in [0.2, 0.25) is 5.91 Å². The predicted molar refractivity (Wildman–Crippen MR) is 121 cm³/mol. The molecule has 9 heteroatoms. The number of nitrogens with one attached hydrogen (secondary N) is 2. The second-order valence-corrected chi connectivity index (χ2v) is 7.90. The maximum atomic E-state index is 13.8. The standard InChI is InChI=1S/C23H22BrF2N3O3/c1-14-9-20(32-13-16-5-6-17(25)10-19(16)26)22(24)23(31)29(14)18-7-3-15(4-8-18)11-28-21(30)12-27-2/h3-10,27H,11-13H2,1-2H3,(H,28,30). The molecule has 0 aliphatic carbocycles. The second kappa shape index (κ2) is 10.5. The molecule has 1 aromatic heterocycles. The van der Waals surface area contributed by atoms with Gasteiger partial charge in [-0.1, -0.05) is 12.1 Å². The Hall–Kier alpha value is -3.04. The SMILES string of the molecule is CNCC(=O)NCc1ccc(-n2c(C)cc(OCc3ccc(F)cc3F)c(Br)c2=O)cc1.